The van der Waals surface area contributed by atoms with Gasteiger partial charge < -0.3 is 15.0 Å². The zero-order chi connectivity index (χ0) is 20.6. The van der Waals surface area contributed by atoms with E-state index in [0.717, 1.165) is 11.5 Å². The maximum absolute atomic E-state index is 13.0. The van der Waals surface area contributed by atoms with Crippen LogP contribution in [-0.2, 0) is 21.3 Å². The maximum Gasteiger partial charge on any atom is 0.216 e. The average Bonchev–Trinajstić information content (AvgIpc) is 2.66. The van der Waals surface area contributed by atoms with Gasteiger partial charge in [-0.25, -0.2) is 17.8 Å². The number of piperazine rings is 1. The highest BCUT2D eigenvalue weighted by atomic mass is 127. The lowest BCUT2D eigenvalue weighted by molar-refractivity contribution is 0.0904. The summed E-state index contributed by atoms with van der Waals surface area (Å²) in [7, 11) is -3.31. The molecule has 29 heavy (non-hydrogen) atoms. The zero-order valence-electron chi connectivity index (χ0n) is 17.3. The third-order valence-corrected chi connectivity index (χ3v) is 6.22. The van der Waals surface area contributed by atoms with Gasteiger partial charge >= 0.3 is 0 Å². The van der Waals surface area contributed by atoms with Crippen molar-refractivity contribution < 1.29 is 17.5 Å². The van der Waals surface area contributed by atoms with Crippen LogP contribution in [0.2, 0.25) is 0 Å². The molecule has 0 atom stereocenters. The Kier molecular flexibility index (Phi) is 11.4. The lowest BCUT2D eigenvalue weighted by Gasteiger charge is -2.36. The molecule has 0 aliphatic carbocycles. The number of halogens is 2. The molecular weight excluding hydrogens is 510 g/mol. The Morgan fingerprint density at radius 2 is 1.83 bits per heavy atom. The summed E-state index contributed by atoms with van der Waals surface area (Å²) < 4.78 is 44.8. The van der Waals surface area contributed by atoms with E-state index >= 15 is 0 Å². The molecule has 0 bridgehead atoms. The SMILES string of the molecule is CCNC(=NCc1ccc(F)cc1)N1CCN(S(=O)(=O)CCOC(C)C)CC1.I. The van der Waals surface area contributed by atoms with Crippen LogP contribution in [0, 0.1) is 5.82 Å². The highest BCUT2D eigenvalue weighted by Crippen LogP contribution is 2.10. The molecule has 1 fully saturated rings. The number of guanidine groups is 1. The molecule has 1 aliphatic rings. The van der Waals surface area contributed by atoms with Crippen molar-refractivity contribution in [2.24, 2.45) is 4.99 Å². The number of ether oxygens (including phenoxy) is 1. The van der Waals surface area contributed by atoms with Crippen molar-refractivity contribution >= 4 is 40.0 Å². The fourth-order valence-electron chi connectivity index (χ4n) is 2.88. The normalized spacial score (nSPS) is 16.0. The Morgan fingerprint density at radius 1 is 1.21 bits per heavy atom. The number of benzene rings is 1. The van der Waals surface area contributed by atoms with Crippen LogP contribution in [0.1, 0.15) is 26.3 Å². The summed E-state index contributed by atoms with van der Waals surface area (Å²) >= 11 is 0. The lowest BCUT2D eigenvalue weighted by Crippen LogP contribution is -2.54. The minimum Gasteiger partial charge on any atom is -0.378 e. The minimum atomic E-state index is -3.31. The minimum absolute atomic E-state index is 0. The van der Waals surface area contributed by atoms with Crippen LogP contribution < -0.4 is 5.32 Å². The Labute approximate surface area is 190 Å². The van der Waals surface area contributed by atoms with E-state index in [1.54, 1.807) is 12.1 Å². The van der Waals surface area contributed by atoms with Gasteiger partial charge in [-0.1, -0.05) is 12.1 Å². The third-order valence-electron chi connectivity index (χ3n) is 4.38. The Hall–Kier alpha value is -0.980. The van der Waals surface area contributed by atoms with Gasteiger partial charge in [0.2, 0.25) is 10.0 Å². The van der Waals surface area contributed by atoms with Crippen LogP contribution in [0.5, 0.6) is 0 Å². The number of sulfonamides is 1. The van der Waals surface area contributed by atoms with Crippen molar-refractivity contribution in [1.29, 1.82) is 0 Å². The largest absolute Gasteiger partial charge is 0.378 e. The van der Waals surface area contributed by atoms with Gasteiger partial charge in [0.05, 0.1) is 25.0 Å². The Balaban J connectivity index is 0.00000420. The van der Waals surface area contributed by atoms with E-state index in [1.165, 1.54) is 16.4 Å². The van der Waals surface area contributed by atoms with Crippen molar-refractivity contribution in [3.63, 3.8) is 0 Å². The first-order valence-electron chi connectivity index (χ1n) is 9.69. The summed E-state index contributed by atoms with van der Waals surface area (Å²) in [6.45, 7) is 9.11. The summed E-state index contributed by atoms with van der Waals surface area (Å²) in [6.07, 6.45) is 0.0204. The molecule has 2 rings (SSSR count). The van der Waals surface area contributed by atoms with E-state index in [2.05, 4.69) is 15.2 Å². The van der Waals surface area contributed by atoms with Crippen molar-refractivity contribution in [2.75, 3.05) is 45.1 Å². The summed E-state index contributed by atoms with van der Waals surface area (Å²) in [5.41, 5.74) is 0.920. The number of hydrogen-bond donors (Lipinski definition) is 1. The van der Waals surface area contributed by atoms with Crippen LogP contribution in [0.15, 0.2) is 29.3 Å². The summed E-state index contributed by atoms with van der Waals surface area (Å²) in [5.74, 6) is 0.479. The molecule has 0 unspecified atom stereocenters. The first kappa shape index (κ1) is 26.1. The first-order valence-corrected chi connectivity index (χ1v) is 11.3. The molecule has 0 amide bonds. The monoisotopic (exact) mass is 542 g/mol. The van der Waals surface area contributed by atoms with Gasteiger partial charge in [-0.15, -0.1) is 24.0 Å². The molecule has 1 heterocycles. The molecule has 1 aliphatic heterocycles. The molecule has 0 spiro atoms. The fourth-order valence-corrected chi connectivity index (χ4v) is 4.16. The van der Waals surface area contributed by atoms with Crippen LogP contribution >= 0.6 is 24.0 Å². The highest BCUT2D eigenvalue weighted by molar-refractivity contribution is 14.0. The predicted molar refractivity (Wildman–Crippen MR) is 125 cm³/mol. The van der Waals surface area contributed by atoms with Crippen LogP contribution in [0.25, 0.3) is 0 Å². The summed E-state index contributed by atoms with van der Waals surface area (Å²) in [4.78, 5) is 6.67. The lowest BCUT2D eigenvalue weighted by atomic mass is 10.2. The Bertz CT molecular complexity index is 736. The fraction of sp³-hybridized carbons (Fsp3) is 0.632. The quantitative estimate of drug-likeness (QED) is 0.310. The van der Waals surface area contributed by atoms with E-state index in [1.807, 2.05) is 20.8 Å². The van der Waals surface area contributed by atoms with Crippen LogP contribution in [0.3, 0.4) is 0 Å². The molecule has 7 nitrogen and oxygen atoms in total. The second-order valence-electron chi connectivity index (χ2n) is 6.92. The van der Waals surface area contributed by atoms with Gasteiger partial charge in [-0.2, -0.15) is 4.31 Å². The highest BCUT2D eigenvalue weighted by Gasteiger charge is 2.28. The molecule has 0 saturated carbocycles. The molecule has 1 N–H and O–H groups in total. The van der Waals surface area contributed by atoms with E-state index in [9.17, 15) is 12.8 Å². The van der Waals surface area contributed by atoms with Crippen molar-refractivity contribution in [3.8, 4) is 0 Å². The summed E-state index contributed by atoms with van der Waals surface area (Å²) in [6, 6.07) is 6.27. The predicted octanol–water partition coefficient (Wildman–Crippen LogP) is 2.28. The topological polar surface area (TPSA) is 74.2 Å². The average molecular weight is 542 g/mol. The number of nitrogens with zero attached hydrogens (tertiary/aromatic N) is 3. The smallest absolute Gasteiger partial charge is 0.216 e. The number of hydrogen-bond acceptors (Lipinski definition) is 4. The van der Waals surface area contributed by atoms with Crippen molar-refractivity contribution in [1.82, 2.24) is 14.5 Å². The number of aliphatic imine (C=N–C) groups is 1. The van der Waals surface area contributed by atoms with Crippen LogP contribution in [-0.4, -0.2) is 74.8 Å². The molecule has 0 radical (unpaired) electrons. The number of nitrogens with one attached hydrogen (secondary N) is 1. The second-order valence-corrected chi connectivity index (χ2v) is 9.01. The van der Waals surface area contributed by atoms with Crippen molar-refractivity contribution in [2.45, 2.75) is 33.4 Å². The Morgan fingerprint density at radius 3 is 2.38 bits per heavy atom. The van der Waals surface area contributed by atoms with E-state index in [4.69, 9.17) is 4.74 Å². The zero-order valence-corrected chi connectivity index (χ0v) is 20.5. The molecule has 166 valence electrons. The number of rotatable bonds is 8. The molecule has 0 aromatic heterocycles. The molecule has 1 saturated heterocycles. The van der Waals surface area contributed by atoms with Crippen LogP contribution in [0.4, 0.5) is 4.39 Å². The standard InChI is InChI=1S/C19H31FN4O3S.HI/c1-4-21-19(22-15-17-5-7-18(20)8-6-17)23-9-11-24(12-10-23)28(25,26)14-13-27-16(2)3;/h5-8,16H,4,9-15H2,1-3H3,(H,21,22);1H. The van der Waals surface area contributed by atoms with Gasteiger partial charge in [0.1, 0.15) is 5.82 Å². The van der Waals surface area contributed by atoms with Gasteiger partial charge in [0.25, 0.3) is 0 Å². The second kappa shape index (κ2) is 12.7. The third kappa shape index (κ3) is 8.73. The molecule has 1 aromatic carbocycles. The summed E-state index contributed by atoms with van der Waals surface area (Å²) in [5, 5.41) is 3.25. The first-order chi connectivity index (χ1) is 13.3. The van der Waals surface area contributed by atoms with E-state index < -0.39 is 10.0 Å². The van der Waals surface area contributed by atoms with Gasteiger partial charge in [0, 0.05) is 32.7 Å². The maximum atomic E-state index is 13.0. The van der Waals surface area contributed by atoms with Gasteiger partial charge in [-0.05, 0) is 38.5 Å². The van der Waals surface area contributed by atoms with Gasteiger partial charge in [0.15, 0.2) is 5.96 Å². The molecule has 1 aromatic rings. The van der Waals surface area contributed by atoms with Crippen molar-refractivity contribution in [3.05, 3.63) is 35.6 Å². The van der Waals surface area contributed by atoms with E-state index in [0.29, 0.717) is 39.3 Å². The van der Waals surface area contributed by atoms with Gasteiger partial charge in [-0.3, -0.25) is 0 Å². The molecule has 10 heteroatoms. The van der Waals surface area contributed by atoms with E-state index in [-0.39, 0.29) is 48.3 Å². The molecular formula is C19H32FIN4O3S.